The Morgan fingerprint density at radius 2 is 1.93 bits per heavy atom. The van der Waals surface area contributed by atoms with Crippen LogP contribution in [0.25, 0.3) is 22.3 Å². The molecule has 4 rings (SSSR count). The summed E-state index contributed by atoms with van der Waals surface area (Å²) in [7, 11) is 1.66. The van der Waals surface area contributed by atoms with E-state index in [-0.39, 0.29) is 11.3 Å². The van der Waals surface area contributed by atoms with Gasteiger partial charge in [-0.3, -0.25) is 14.1 Å². The monoisotopic (exact) mass is 366 g/mol. The summed E-state index contributed by atoms with van der Waals surface area (Å²) in [5.41, 5.74) is 3.14. The second kappa shape index (κ2) is 6.75. The van der Waals surface area contributed by atoms with E-state index in [1.807, 2.05) is 18.2 Å². The van der Waals surface area contributed by atoms with Gasteiger partial charge in [0.25, 0.3) is 6.43 Å². The van der Waals surface area contributed by atoms with Crippen molar-refractivity contribution in [3.8, 4) is 11.1 Å². The molecule has 0 spiro atoms. The van der Waals surface area contributed by atoms with Crippen molar-refractivity contribution < 1.29 is 8.78 Å². The molecule has 0 amide bonds. The molecular formula is C20H16F2N4O. The number of alkyl halides is 2. The van der Waals surface area contributed by atoms with Crippen LogP contribution in [0.2, 0.25) is 0 Å². The number of nitrogens with zero attached hydrogens (tertiary/aromatic N) is 4. The van der Waals surface area contributed by atoms with Crippen molar-refractivity contribution in [1.29, 1.82) is 0 Å². The highest BCUT2D eigenvalue weighted by Gasteiger charge is 2.14. The smallest absolute Gasteiger partial charge is 0.286 e. The lowest BCUT2D eigenvalue weighted by Gasteiger charge is -2.07. The Hall–Kier alpha value is -3.35. The molecule has 7 heteroatoms. The summed E-state index contributed by atoms with van der Waals surface area (Å²) in [5.74, 6) is 0. The maximum Gasteiger partial charge on any atom is 0.330 e. The third kappa shape index (κ3) is 3.12. The molecule has 4 aromatic rings. The normalized spacial score (nSPS) is 11.4. The fourth-order valence-electron chi connectivity index (χ4n) is 3.12. The molecule has 0 aliphatic carbocycles. The standard InChI is InChI=1S/C20H16F2N4O/c1-25-19-17(26(20(25)27)12-13-4-3-7-23-10-13)9-16(11-24-19)14-5-2-6-15(8-14)18(21)22/h2-11,18H,12H2,1H3. The highest BCUT2D eigenvalue weighted by atomic mass is 19.3. The largest absolute Gasteiger partial charge is 0.330 e. The minimum absolute atomic E-state index is 0.0478. The number of benzene rings is 1. The average molecular weight is 366 g/mol. The molecule has 0 saturated heterocycles. The Morgan fingerprint density at radius 3 is 2.67 bits per heavy atom. The molecule has 0 atom stereocenters. The van der Waals surface area contributed by atoms with E-state index < -0.39 is 6.43 Å². The number of aryl methyl sites for hydroxylation is 1. The zero-order valence-corrected chi connectivity index (χ0v) is 14.5. The van der Waals surface area contributed by atoms with Crippen LogP contribution < -0.4 is 5.69 Å². The van der Waals surface area contributed by atoms with Gasteiger partial charge < -0.3 is 0 Å². The number of hydrogen-bond acceptors (Lipinski definition) is 3. The summed E-state index contributed by atoms with van der Waals surface area (Å²) in [5, 5.41) is 0. The minimum Gasteiger partial charge on any atom is -0.286 e. The van der Waals surface area contributed by atoms with E-state index >= 15 is 0 Å². The first-order chi connectivity index (χ1) is 13.0. The Kier molecular flexibility index (Phi) is 4.27. The van der Waals surface area contributed by atoms with Crippen LogP contribution >= 0.6 is 0 Å². The molecule has 0 aliphatic heterocycles. The van der Waals surface area contributed by atoms with Crippen LogP contribution in [0.3, 0.4) is 0 Å². The lowest BCUT2D eigenvalue weighted by Crippen LogP contribution is -2.22. The van der Waals surface area contributed by atoms with Crippen molar-refractivity contribution in [2.75, 3.05) is 0 Å². The van der Waals surface area contributed by atoms with E-state index in [1.165, 1.54) is 16.7 Å². The second-order valence-corrected chi connectivity index (χ2v) is 6.28. The zero-order chi connectivity index (χ0) is 19.0. The van der Waals surface area contributed by atoms with Gasteiger partial charge >= 0.3 is 5.69 Å². The molecule has 3 heterocycles. The molecule has 3 aromatic heterocycles. The van der Waals surface area contributed by atoms with E-state index in [2.05, 4.69) is 9.97 Å². The van der Waals surface area contributed by atoms with Crippen molar-refractivity contribution in [2.24, 2.45) is 7.05 Å². The van der Waals surface area contributed by atoms with Gasteiger partial charge in [0, 0.05) is 36.8 Å². The Balaban J connectivity index is 1.85. The van der Waals surface area contributed by atoms with Crippen molar-refractivity contribution in [3.63, 3.8) is 0 Å². The van der Waals surface area contributed by atoms with E-state index in [0.717, 1.165) is 5.56 Å². The molecule has 0 aliphatic rings. The fourth-order valence-corrected chi connectivity index (χ4v) is 3.12. The van der Waals surface area contributed by atoms with Crippen molar-refractivity contribution in [1.82, 2.24) is 19.1 Å². The molecule has 136 valence electrons. The van der Waals surface area contributed by atoms with Crippen LogP contribution in [0.5, 0.6) is 0 Å². The second-order valence-electron chi connectivity index (χ2n) is 6.28. The van der Waals surface area contributed by atoms with Gasteiger partial charge in [-0.1, -0.05) is 24.3 Å². The van der Waals surface area contributed by atoms with Gasteiger partial charge in [-0.15, -0.1) is 0 Å². The quantitative estimate of drug-likeness (QED) is 0.552. The Labute approximate surface area is 153 Å². The number of rotatable bonds is 4. The number of halogens is 2. The summed E-state index contributed by atoms with van der Waals surface area (Å²) in [6.07, 6.45) is 2.43. The SMILES string of the molecule is Cn1c(=O)n(Cc2cccnc2)c2cc(-c3cccc(C(F)F)c3)cnc21. The third-order valence-electron chi connectivity index (χ3n) is 4.51. The number of pyridine rings is 2. The third-order valence-corrected chi connectivity index (χ3v) is 4.51. The van der Waals surface area contributed by atoms with E-state index in [4.69, 9.17) is 0 Å². The summed E-state index contributed by atoms with van der Waals surface area (Å²) in [4.78, 5) is 21.1. The Bertz CT molecular complexity index is 1170. The van der Waals surface area contributed by atoms with Gasteiger partial charge in [0.1, 0.15) is 0 Å². The van der Waals surface area contributed by atoms with Crippen LogP contribution in [-0.2, 0) is 13.6 Å². The molecule has 0 N–H and O–H groups in total. The van der Waals surface area contributed by atoms with Crippen molar-refractivity contribution in [2.45, 2.75) is 13.0 Å². The van der Waals surface area contributed by atoms with Gasteiger partial charge in [-0.25, -0.2) is 18.6 Å². The maximum absolute atomic E-state index is 13.0. The van der Waals surface area contributed by atoms with Crippen LogP contribution in [0.4, 0.5) is 8.78 Å². The molecule has 0 fully saturated rings. The molecule has 0 saturated carbocycles. The number of fused-ring (bicyclic) bond motifs is 1. The highest BCUT2D eigenvalue weighted by molar-refractivity contribution is 5.79. The summed E-state index contributed by atoms with van der Waals surface area (Å²) < 4.78 is 29.1. The lowest BCUT2D eigenvalue weighted by molar-refractivity contribution is 0.151. The molecule has 5 nitrogen and oxygen atoms in total. The number of imidazole rings is 1. The van der Waals surface area contributed by atoms with Gasteiger partial charge in [-0.05, 0) is 29.3 Å². The van der Waals surface area contributed by atoms with Crippen molar-refractivity contribution in [3.05, 3.63) is 82.7 Å². The van der Waals surface area contributed by atoms with Crippen LogP contribution in [-0.4, -0.2) is 19.1 Å². The van der Waals surface area contributed by atoms with Crippen LogP contribution in [0.1, 0.15) is 17.6 Å². The predicted octanol–water partition coefficient (Wildman–Crippen LogP) is 3.78. The van der Waals surface area contributed by atoms with Crippen LogP contribution in [0, 0.1) is 0 Å². The predicted molar refractivity (Wildman–Crippen MR) is 98.7 cm³/mol. The summed E-state index contributed by atoms with van der Waals surface area (Å²) >= 11 is 0. The maximum atomic E-state index is 13.0. The molecule has 0 bridgehead atoms. The van der Waals surface area contributed by atoms with Gasteiger partial charge in [0.05, 0.1) is 12.1 Å². The molecule has 27 heavy (non-hydrogen) atoms. The highest BCUT2D eigenvalue weighted by Crippen LogP contribution is 2.27. The first kappa shape index (κ1) is 17.1. The minimum atomic E-state index is -2.54. The fraction of sp³-hybridized carbons (Fsp3) is 0.150. The number of aromatic nitrogens is 4. The summed E-state index contributed by atoms with van der Waals surface area (Å²) in [6.45, 7) is 0.353. The topological polar surface area (TPSA) is 52.7 Å². The van der Waals surface area contributed by atoms with Gasteiger partial charge in [-0.2, -0.15) is 0 Å². The Morgan fingerprint density at radius 1 is 1.07 bits per heavy atom. The first-order valence-electron chi connectivity index (χ1n) is 8.37. The molecule has 1 aromatic carbocycles. The van der Waals surface area contributed by atoms with E-state index in [1.54, 1.807) is 42.3 Å². The van der Waals surface area contributed by atoms with E-state index in [0.29, 0.717) is 28.8 Å². The summed E-state index contributed by atoms with van der Waals surface area (Å²) in [6, 6.07) is 11.7. The van der Waals surface area contributed by atoms with Crippen LogP contribution in [0.15, 0.2) is 65.8 Å². The van der Waals surface area contributed by atoms with Gasteiger partial charge in [0.2, 0.25) is 0 Å². The molecule has 0 radical (unpaired) electrons. The van der Waals surface area contributed by atoms with E-state index in [9.17, 15) is 13.6 Å². The van der Waals surface area contributed by atoms with Gasteiger partial charge in [0.15, 0.2) is 5.65 Å². The van der Waals surface area contributed by atoms with Crippen molar-refractivity contribution >= 4 is 11.2 Å². The lowest BCUT2D eigenvalue weighted by atomic mass is 10.0. The molecular weight excluding hydrogens is 350 g/mol. The average Bonchev–Trinajstić information content (AvgIpc) is 2.93. The first-order valence-corrected chi connectivity index (χ1v) is 8.37. The zero-order valence-electron chi connectivity index (χ0n) is 14.5. The number of hydrogen-bond donors (Lipinski definition) is 0. The molecule has 0 unspecified atom stereocenters.